The van der Waals surface area contributed by atoms with E-state index in [1.807, 2.05) is 0 Å². The van der Waals surface area contributed by atoms with Gasteiger partial charge in [0, 0.05) is 7.05 Å². The molecule has 0 spiro atoms. The van der Waals surface area contributed by atoms with Gasteiger partial charge in [0.2, 0.25) is 5.60 Å². The van der Waals surface area contributed by atoms with E-state index >= 15 is 0 Å². The van der Waals surface area contributed by atoms with E-state index in [1.165, 1.54) is 6.92 Å². The molecule has 0 aliphatic heterocycles. The second-order valence-corrected chi connectivity index (χ2v) is 6.11. The highest BCUT2D eigenvalue weighted by Crippen LogP contribution is 2.29. The number of carbonyl (C=O) groups is 3. The Hall–Kier alpha value is -0.560. The molecule has 0 rings (SSSR count). The number of halogens is 3. The summed E-state index contributed by atoms with van der Waals surface area (Å²) in [4.78, 5) is 34.7. The van der Waals surface area contributed by atoms with Crippen molar-refractivity contribution in [3.8, 4) is 0 Å². The number of carboxylic acid groups (broad SMARTS) is 1. The van der Waals surface area contributed by atoms with Crippen LogP contribution in [0.2, 0.25) is 0 Å². The summed E-state index contributed by atoms with van der Waals surface area (Å²) in [5.74, 6) is -3.83. The normalized spacial score (nSPS) is 16.6. The highest BCUT2D eigenvalue weighted by molar-refractivity contribution is 6.76. The summed E-state index contributed by atoms with van der Waals surface area (Å²) in [5, 5.41) is 18.2. The van der Waals surface area contributed by atoms with Crippen molar-refractivity contribution in [2.45, 2.75) is 29.3 Å². The SMILES string of the molecule is C[C@@H](C(=O)[C@](C)(O)C(=O)O)N(C)C(=O)C(Cl)(Cl)Cl. The van der Waals surface area contributed by atoms with E-state index < -0.39 is 33.1 Å². The molecule has 0 aliphatic rings. The van der Waals surface area contributed by atoms with Gasteiger partial charge in [-0.1, -0.05) is 34.8 Å². The Bertz CT molecular complexity index is 377. The summed E-state index contributed by atoms with van der Waals surface area (Å²) in [7, 11) is 1.16. The van der Waals surface area contributed by atoms with Crippen LogP contribution in [0.15, 0.2) is 0 Å². The lowest BCUT2D eigenvalue weighted by Crippen LogP contribution is -2.55. The zero-order valence-electron chi connectivity index (χ0n) is 9.78. The summed E-state index contributed by atoms with van der Waals surface area (Å²) in [5.41, 5.74) is -2.62. The van der Waals surface area contributed by atoms with E-state index in [1.54, 1.807) is 0 Å². The molecule has 2 N–H and O–H groups in total. The minimum atomic E-state index is -2.62. The molecule has 0 unspecified atom stereocenters. The molecule has 0 saturated carbocycles. The van der Waals surface area contributed by atoms with Gasteiger partial charge in [0.1, 0.15) is 0 Å². The molecular weight excluding hydrogens is 308 g/mol. The number of nitrogens with zero attached hydrogens (tertiary/aromatic N) is 1. The van der Waals surface area contributed by atoms with Crippen molar-refractivity contribution < 1.29 is 24.6 Å². The van der Waals surface area contributed by atoms with Gasteiger partial charge in [-0.15, -0.1) is 0 Å². The number of Topliss-reactive ketones (excluding diaryl/α,β-unsaturated/α-hetero) is 1. The Morgan fingerprint density at radius 2 is 1.61 bits per heavy atom. The van der Waals surface area contributed by atoms with Crippen LogP contribution in [0.3, 0.4) is 0 Å². The number of likely N-dealkylation sites (N-methyl/N-ethyl adjacent to an activating group) is 1. The molecule has 0 saturated heterocycles. The molecular formula is C9H12Cl3NO5. The zero-order chi connectivity index (χ0) is 14.9. The van der Waals surface area contributed by atoms with Gasteiger partial charge in [-0.3, -0.25) is 9.59 Å². The summed E-state index contributed by atoms with van der Waals surface area (Å²) >= 11 is 16.1. The van der Waals surface area contributed by atoms with Gasteiger partial charge >= 0.3 is 5.97 Å². The Morgan fingerprint density at radius 1 is 1.22 bits per heavy atom. The molecule has 0 fully saturated rings. The lowest BCUT2D eigenvalue weighted by Gasteiger charge is -2.30. The smallest absolute Gasteiger partial charge is 0.343 e. The van der Waals surface area contributed by atoms with Crippen molar-refractivity contribution >= 4 is 52.5 Å². The summed E-state index contributed by atoms with van der Waals surface area (Å²) in [6.07, 6.45) is 0. The fraction of sp³-hybridized carbons (Fsp3) is 0.667. The molecule has 0 bridgehead atoms. The Labute approximate surface area is 118 Å². The van der Waals surface area contributed by atoms with Crippen LogP contribution in [0, 0.1) is 0 Å². The number of carboxylic acids is 1. The van der Waals surface area contributed by atoms with Gasteiger partial charge in [0.25, 0.3) is 9.70 Å². The lowest BCUT2D eigenvalue weighted by atomic mass is 9.95. The number of ketones is 1. The number of aliphatic carboxylic acids is 1. The molecule has 6 nitrogen and oxygen atoms in total. The van der Waals surface area contributed by atoms with Crippen LogP contribution in [-0.2, 0) is 14.4 Å². The third-order valence-corrected chi connectivity index (χ3v) is 2.90. The van der Waals surface area contributed by atoms with Crippen LogP contribution < -0.4 is 0 Å². The molecule has 0 aromatic rings. The van der Waals surface area contributed by atoms with Gasteiger partial charge in [-0.2, -0.15) is 0 Å². The van der Waals surface area contributed by atoms with Crippen molar-refractivity contribution in [3.63, 3.8) is 0 Å². The molecule has 2 atom stereocenters. The van der Waals surface area contributed by atoms with Crippen molar-refractivity contribution in [1.29, 1.82) is 0 Å². The summed E-state index contributed by atoms with van der Waals surface area (Å²) in [6.45, 7) is 2.02. The van der Waals surface area contributed by atoms with Crippen molar-refractivity contribution in [3.05, 3.63) is 0 Å². The third kappa shape index (κ3) is 3.71. The molecule has 0 radical (unpaired) electrons. The summed E-state index contributed by atoms with van der Waals surface area (Å²) < 4.78 is -2.27. The molecule has 9 heteroatoms. The maximum absolute atomic E-state index is 11.7. The summed E-state index contributed by atoms with van der Waals surface area (Å²) in [6, 6.07) is -1.26. The van der Waals surface area contributed by atoms with Crippen LogP contribution in [0.25, 0.3) is 0 Å². The van der Waals surface area contributed by atoms with E-state index in [9.17, 15) is 19.5 Å². The van der Waals surface area contributed by atoms with Crippen molar-refractivity contribution in [2.75, 3.05) is 7.05 Å². The fourth-order valence-electron chi connectivity index (χ4n) is 1.06. The van der Waals surface area contributed by atoms with Crippen LogP contribution in [0.5, 0.6) is 0 Å². The van der Waals surface area contributed by atoms with E-state index in [0.717, 1.165) is 18.9 Å². The topological polar surface area (TPSA) is 94.9 Å². The number of hydrogen-bond donors (Lipinski definition) is 2. The first-order valence-corrected chi connectivity index (χ1v) is 5.81. The molecule has 104 valence electrons. The number of aliphatic hydroxyl groups is 1. The van der Waals surface area contributed by atoms with E-state index in [4.69, 9.17) is 39.9 Å². The van der Waals surface area contributed by atoms with Gasteiger partial charge in [0.05, 0.1) is 6.04 Å². The maximum atomic E-state index is 11.7. The maximum Gasteiger partial charge on any atom is 0.343 e. The number of rotatable bonds is 4. The monoisotopic (exact) mass is 319 g/mol. The van der Waals surface area contributed by atoms with Crippen LogP contribution in [-0.4, -0.2) is 55.3 Å². The minimum Gasteiger partial charge on any atom is -0.479 e. The first-order valence-electron chi connectivity index (χ1n) is 4.67. The Balaban J connectivity index is 5.09. The second kappa shape index (κ2) is 5.61. The predicted octanol–water partition coefficient (Wildman–Crippen LogP) is 0.608. The largest absolute Gasteiger partial charge is 0.479 e. The van der Waals surface area contributed by atoms with Crippen LogP contribution >= 0.6 is 34.8 Å². The van der Waals surface area contributed by atoms with Gasteiger partial charge in [0.15, 0.2) is 5.78 Å². The predicted molar refractivity (Wildman–Crippen MR) is 65.8 cm³/mol. The Kier molecular flexibility index (Phi) is 5.43. The average Bonchev–Trinajstić information content (AvgIpc) is 2.23. The first-order chi connectivity index (χ1) is 7.83. The molecule has 18 heavy (non-hydrogen) atoms. The highest BCUT2D eigenvalue weighted by Gasteiger charge is 2.45. The van der Waals surface area contributed by atoms with Crippen molar-refractivity contribution in [1.82, 2.24) is 4.90 Å². The number of amides is 1. The van der Waals surface area contributed by atoms with Gasteiger partial charge in [-0.05, 0) is 13.8 Å². The van der Waals surface area contributed by atoms with Crippen LogP contribution in [0.1, 0.15) is 13.8 Å². The first kappa shape index (κ1) is 17.4. The highest BCUT2D eigenvalue weighted by atomic mass is 35.6. The average molecular weight is 321 g/mol. The molecule has 0 heterocycles. The van der Waals surface area contributed by atoms with E-state index in [-0.39, 0.29) is 0 Å². The Morgan fingerprint density at radius 3 is 1.89 bits per heavy atom. The molecule has 0 aromatic heterocycles. The minimum absolute atomic E-state index is 0.757. The quantitative estimate of drug-likeness (QED) is 0.584. The molecule has 1 amide bonds. The second-order valence-electron chi connectivity index (χ2n) is 3.83. The number of alkyl halides is 3. The molecule has 0 aromatic carbocycles. The van der Waals surface area contributed by atoms with Crippen LogP contribution in [0.4, 0.5) is 0 Å². The van der Waals surface area contributed by atoms with E-state index in [2.05, 4.69) is 0 Å². The number of carbonyl (C=O) groups excluding carboxylic acids is 2. The van der Waals surface area contributed by atoms with Gasteiger partial charge in [-0.25, -0.2) is 4.79 Å². The van der Waals surface area contributed by atoms with E-state index in [0.29, 0.717) is 0 Å². The third-order valence-electron chi connectivity index (χ3n) is 2.42. The number of hydrogen-bond acceptors (Lipinski definition) is 4. The standard InChI is InChI=1S/C9H12Cl3NO5/c1-4(5(14)8(2,18)7(16)17)13(3)6(15)9(10,11)12/h4,18H,1-3H3,(H,16,17)/t4-,8-/m0/s1. The fourth-order valence-corrected chi connectivity index (χ4v) is 1.46. The lowest BCUT2D eigenvalue weighted by molar-refractivity contribution is -0.166. The zero-order valence-corrected chi connectivity index (χ0v) is 12.0. The van der Waals surface area contributed by atoms with Gasteiger partial charge < -0.3 is 15.1 Å². The molecule has 0 aliphatic carbocycles. The van der Waals surface area contributed by atoms with Crippen molar-refractivity contribution in [2.24, 2.45) is 0 Å².